The van der Waals surface area contributed by atoms with Crippen LogP contribution in [0.15, 0.2) is 55.1 Å². The molecule has 0 unspecified atom stereocenters. The van der Waals surface area contributed by atoms with E-state index in [0.717, 1.165) is 28.7 Å². The molecule has 0 aliphatic carbocycles. The van der Waals surface area contributed by atoms with Gasteiger partial charge in [0.2, 0.25) is 0 Å². The third kappa shape index (κ3) is 4.71. The van der Waals surface area contributed by atoms with Gasteiger partial charge in [0, 0.05) is 25.5 Å². The fourth-order valence-corrected chi connectivity index (χ4v) is 4.57. The number of ether oxygens (including phenoxy) is 2. The van der Waals surface area contributed by atoms with Crippen LogP contribution in [0, 0.1) is 6.92 Å². The summed E-state index contributed by atoms with van der Waals surface area (Å²) in [6, 6.07) is 11.4. The molecular formula is C23H25ClN4O3S. The summed E-state index contributed by atoms with van der Waals surface area (Å²) in [4.78, 5) is 24.3. The van der Waals surface area contributed by atoms with Gasteiger partial charge < -0.3 is 14.0 Å². The highest BCUT2D eigenvalue weighted by molar-refractivity contribution is 7.22. The third-order valence-electron chi connectivity index (χ3n) is 5.08. The van der Waals surface area contributed by atoms with Crippen molar-refractivity contribution in [3.05, 3.63) is 66.2 Å². The Balaban J connectivity index is 0.00000289. The van der Waals surface area contributed by atoms with Crippen molar-refractivity contribution in [1.82, 2.24) is 14.5 Å². The summed E-state index contributed by atoms with van der Waals surface area (Å²) in [5.41, 5.74) is 2.46. The molecule has 0 radical (unpaired) electrons. The number of rotatable bonds is 8. The van der Waals surface area contributed by atoms with Gasteiger partial charge >= 0.3 is 0 Å². The summed E-state index contributed by atoms with van der Waals surface area (Å²) in [5.74, 6) is 0.775. The predicted octanol–water partition coefficient (Wildman–Crippen LogP) is 4.98. The molecule has 2 heterocycles. The average molecular weight is 473 g/mol. The molecule has 0 N–H and O–H groups in total. The molecular weight excluding hydrogens is 448 g/mol. The summed E-state index contributed by atoms with van der Waals surface area (Å²) < 4.78 is 14.0. The van der Waals surface area contributed by atoms with Crippen LogP contribution in [0.3, 0.4) is 0 Å². The second kappa shape index (κ2) is 10.5. The van der Waals surface area contributed by atoms with Crippen molar-refractivity contribution in [2.45, 2.75) is 19.9 Å². The molecule has 9 heteroatoms. The number of para-hydroxylation sites is 2. The van der Waals surface area contributed by atoms with Crippen LogP contribution in [0.25, 0.3) is 10.2 Å². The maximum absolute atomic E-state index is 13.7. The third-order valence-corrected chi connectivity index (χ3v) is 6.12. The van der Waals surface area contributed by atoms with Crippen molar-refractivity contribution < 1.29 is 14.3 Å². The molecule has 168 valence electrons. The molecule has 4 rings (SSSR count). The van der Waals surface area contributed by atoms with Gasteiger partial charge in [-0.15, -0.1) is 12.4 Å². The van der Waals surface area contributed by atoms with Gasteiger partial charge in [-0.05, 0) is 37.1 Å². The number of methoxy groups -OCH3 is 2. The fourth-order valence-electron chi connectivity index (χ4n) is 3.51. The van der Waals surface area contributed by atoms with Crippen LogP contribution in [0.5, 0.6) is 11.5 Å². The van der Waals surface area contributed by atoms with E-state index in [-0.39, 0.29) is 18.3 Å². The lowest BCUT2D eigenvalue weighted by molar-refractivity contribution is 0.0982. The number of halogens is 1. The van der Waals surface area contributed by atoms with E-state index in [1.807, 2.05) is 35.9 Å². The number of imidazole rings is 1. The Morgan fingerprint density at radius 1 is 1.16 bits per heavy atom. The minimum absolute atomic E-state index is 0. The predicted molar refractivity (Wildman–Crippen MR) is 130 cm³/mol. The topological polar surface area (TPSA) is 69.5 Å². The van der Waals surface area contributed by atoms with Crippen molar-refractivity contribution in [3.63, 3.8) is 0 Å². The Hall–Kier alpha value is -3.10. The van der Waals surface area contributed by atoms with Crippen LogP contribution in [-0.2, 0) is 6.54 Å². The number of hydrogen-bond donors (Lipinski definition) is 0. The number of aromatic nitrogens is 3. The van der Waals surface area contributed by atoms with Gasteiger partial charge in [-0.1, -0.05) is 29.5 Å². The lowest BCUT2D eigenvalue weighted by atomic mass is 10.1. The van der Waals surface area contributed by atoms with Gasteiger partial charge in [-0.3, -0.25) is 9.69 Å². The lowest BCUT2D eigenvalue weighted by Gasteiger charge is -2.22. The Morgan fingerprint density at radius 2 is 1.97 bits per heavy atom. The molecule has 0 saturated heterocycles. The van der Waals surface area contributed by atoms with E-state index in [0.29, 0.717) is 28.7 Å². The highest BCUT2D eigenvalue weighted by Gasteiger charge is 2.25. The van der Waals surface area contributed by atoms with E-state index < -0.39 is 0 Å². The van der Waals surface area contributed by atoms with Crippen LogP contribution in [0.2, 0.25) is 0 Å². The number of hydrogen-bond acceptors (Lipinski definition) is 6. The molecule has 0 aliphatic rings. The van der Waals surface area contributed by atoms with E-state index in [1.54, 1.807) is 49.8 Å². The zero-order valence-corrected chi connectivity index (χ0v) is 19.8. The smallest absolute Gasteiger partial charge is 0.263 e. The molecule has 32 heavy (non-hydrogen) atoms. The first kappa shape index (κ1) is 23.6. The fraction of sp³-hybridized carbons (Fsp3) is 0.261. The largest absolute Gasteiger partial charge is 0.493 e. The van der Waals surface area contributed by atoms with Gasteiger partial charge in [-0.25, -0.2) is 9.97 Å². The molecule has 2 aromatic heterocycles. The number of aryl methyl sites for hydroxylation is 2. The van der Waals surface area contributed by atoms with Crippen LogP contribution in [0.1, 0.15) is 22.3 Å². The quantitative estimate of drug-likeness (QED) is 0.362. The number of nitrogens with zero attached hydrogens (tertiary/aromatic N) is 4. The molecule has 7 nitrogen and oxygen atoms in total. The zero-order valence-electron chi connectivity index (χ0n) is 18.1. The Labute approximate surface area is 197 Å². The SMILES string of the molecule is COc1cccc(C(=O)N(CCCn2ccnc2)c2nc3c(C)cccc3s2)c1OC.Cl. The van der Waals surface area contributed by atoms with Crippen LogP contribution in [0.4, 0.5) is 5.13 Å². The second-order valence-corrected chi connectivity index (χ2v) is 8.08. The monoisotopic (exact) mass is 472 g/mol. The molecule has 0 bridgehead atoms. The van der Waals surface area contributed by atoms with Crippen molar-refractivity contribution in [2.75, 3.05) is 25.7 Å². The highest BCUT2D eigenvalue weighted by Crippen LogP contribution is 2.35. The van der Waals surface area contributed by atoms with Gasteiger partial charge in [0.25, 0.3) is 5.91 Å². The summed E-state index contributed by atoms with van der Waals surface area (Å²) in [6.45, 7) is 3.29. The second-order valence-electron chi connectivity index (χ2n) is 7.07. The number of carbonyl (C=O) groups is 1. The Bertz CT molecular complexity index is 1190. The maximum Gasteiger partial charge on any atom is 0.263 e. The first-order valence-corrected chi connectivity index (χ1v) is 10.8. The molecule has 0 fully saturated rings. The van der Waals surface area contributed by atoms with Gasteiger partial charge in [0.1, 0.15) is 0 Å². The summed E-state index contributed by atoms with van der Waals surface area (Å²) in [7, 11) is 3.10. The van der Waals surface area contributed by atoms with Crippen LogP contribution in [-0.4, -0.2) is 41.2 Å². The first-order valence-electron chi connectivity index (χ1n) is 9.97. The number of amides is 1. The van der Waals surface area contributed by atoms with E-state index in [2.05, 4.69) is 4.98 Å². The van der Waals surface area contributed by atoms with E-state index >= 15 is 0 Å². The molecule has 0 saturated carbocycles. The van der Waals surface area contributed by atoms with Gasteiger partial charge in [0.05, 0.1) is 36.3 Å². The van der Waals surface area contributed by atoms with Crippen LogP contribution < -0.4 is 14.4 Å². The molecule has 2 aromatic carbocycles. The molecule has 0 atom stereocenters. The molecule has 0 aliphatic heterocycles. The average Bonchev–Trinajstić information content (AvgIpc) is 3.46. The molecule has 4 aromatic rings. The van der Waals surface area contributed by atoms with Crippen molar-refractivity contribution in [2.24, 2.45) is 0 Å². The Morgan fingerprint density at radius 3 is 2.66 bits per heavy atom. The van der Waals surface area contributed by atoms with E-state index in [1.165, 1.54) is 11.3 Å². The van der Waals surface area contributed by atoms with Gasteiger partial charge in [-0.2, -0.15) is 0 Å². The summed E-state index contributed by atoms with van der Waals surface area (Å²) in [6.07, 6.45) is 6.19. The van der Waals surface area contributed by atoms with E-state index in [9.17, 15) is 4.79 Å². The number of carbonyl (C=O) groups excluding carboxylic acids is 1. The minimum atomic E-state index is -0.168. The standard InChI is InChI=1S/C23H24N4O3S.ClH/c1-16-7-4-10-19-20(16)25-23(31-19)27(13-6-12-26-14-11-24-15-26)22(28)17-8-5-9-18(29-2)21(17)30-3;/h4-5,7-11,14-15H,6,12-13H2,1-3H3;1H. The maximum atomic E-state index is 13.7. The van der Waals surface area contributed by atoms with E-state index in [4.69, 9.17) is 14.5 Å². The lowest BCUT2D eigenvalue weighted by Crippen LogP contribution is -2.32. The molecule has 0 spiro atoms. The highest BCUT2D eigenvalue weighted by atomic mass is 35.5. The number of fused-ring (bicyclic) bond motifs is 1. The zero-order chi connectivity index (χ0) is 21.8. The van der Waals surface area contributed by atoms with Crippen LogP contribution >= 0.6 is 23.7 Å². The van der Waals surface area contributed by atoms with Gasteiger partial charge in [0.15, 0.2) is 16.6 Å². The van der Waals surface area contributed by atoms with Crippen molar-refractivity contribution in [1.29, 1.82) is 0 Å². The summed E-state index contributed by atoms with van der Waals surface area (Å²) >= 11 is 1.52. The van der Waals surface area contributed by atoms with Crippen molar-refractivity contribution >= 4 is 45.0 Å². The van der Waals surface area contributed by atoms with Crippen molar-refractivity contribution in [3.8, 4) is 11.5 Å². The Kier molecular flexibility index (Phi) is 7.71. The number of benzene rings is 2. The normalized spacial score (nSPS) is 10.6. The molecule has 1 amide bonds. The minimum Gasteiger partial charge on any atom is -0.493 e. The summed E-state index contributed by atoms with van der Waals surface area (Å²) in [5, 5.41) is 0.671. The first-order chi connectivity index (χ1) is 15.1. The number of anilines is 1. The number of thiazole rings is 1.